The molecule has 0 saturated heterocycles. The molecule has 0 amide bonds. The quantitative estimate of drug-likeness (QED) is 0.402. The highest BCUT2D eigenvalue weighted by Gasteiger charge is 2.21. The molecule has 0 spiro atoms. The first-order chi connectivity index (χ1) is 15.1. The normalized spacial score (nSPS) is 13.5. The Kier molecular flexibility index (Phi) is 6.80. The van der Waals surface area contributed by atoms with Crippen molar-refractivity contribution < 1.29 is 8.42 Å². The Labute approximate surface area is 188 Å². The van der Waals surface area contributed by atoms with Gasteiger partial charge in [-0.2, -0.15) is 0 Å². The minimum Gasteiger partial charge on any atom is -0.261 e. The molecular formula is C25H26N2O2S2. The highest BCUT2D eigenvalue weighted by Crippen LogP contribution is 2.33. The summed E-state index contributed by atoms with van der Waals surface area (Å²) >= 11 is 0. The van der Waals surface area contributed by atoms with Crippen molar-refractivity contribution in [2.75, 3.05) is 6.54 Å². The van der Waals surface area contributed by atoms with Gasteiger partial charge < -0.3 is 0 Å². The van der Waals surface area contributed by atoms with E-state index in [0.29, 0.717) is 16.3 Å². The van der Waals surface area contributed by atoms with Crippen molar-refractivity contribution in [2.24, 2.45) is 0 Å². The Hall–Kier alpha value is -2.54. The molecule has 0 aliphatic carbocycles. The molecule has 6 heteroatoms. The highest BCUT2D eigenvalue weighted by molar-refractivity contribution is 7.84. The van der Waals surface area contributed by atoms with Crippen LogP contribution in [0.5, 0.6) is 0 Å². The highest BCUT2D eigenvalue weighted by atomic mass is 32.2. The Morgan fingerprint density at radius 2 is 1.55 bits per heavy atom. The first-order valence-corrected chi connectivity index (χ1v) is 12.6. The zero-order valence-electron chi connectivity index (χ0n) is 17.7. The first-order valence-electron chi connectivity index (χ1n) is 10.4. The molecular weight excluding hydrogens is 424 g/mol. The van der Waals surface area contributed by atoms with Crippen LogP contribution in [0.1, 0.15) is 30.9 Å². The van der Waals surface area contributed by atoms with Crippen molar-refractivity contribution in [3.63, 3.8) is 0 Å². The molecule has 0 aliphatic heterocycles. The molecule has 2 unspecified atom stereocenters. The molecule has 160 valence electrons. The lowest BCUT2D eigenvalue weighted by molar-refractivity contribution is 0.671. The summed E-state index contributed by atoms with van der Waals surface area (Å²) in [6, 6.07) is 25.5. The molecule has 4 aromatic rings. The van der Waals surface area contributed by atoms with Gasteiger partial charge in [-0.15, -0.1) is 0 Å². The number of hydrogen-bond donors (Lipinski definition) is 1. The van der Waals surface area contributed by atoms with Gasteiger partial charge in [-0.05, 0) is 41.7 Å². The van der Waals surface area contributed by atoms with Crippen LogP contribution >= 0.6 is 0 Å². The lowest BCUT2D eigenvalue weighted by atomic mass is 9.99. The van der Waals surface area contributed by atoms with E-state index in [4.69, 9.17) is 0 Å². The molecule has 2 atom stereocenters. The Bertz CT molecular complexity index is 1220. The number of fused-ring (bicyclic) bond motifs is 1. The van der Waals surface area contributed by atoms with Crippen molar-refractivity contribution in [2.45, 2.75) is 36.0 Å². The average Bonchev–Trinajstić information content (AvgIpc) is 3.19. The summed E-state index contributed by atoms with van der Waals surface area (Å²) in [4.78, 5) is 1.39. The molecule has 0 bridgehead atoms. The van der Waals surface area contributed by atoms with Gasteiger partial charge in [0, 0.05) is 18.1 Å². The van der Waals surface area contributed by atoms with Gasteiger partial charge >= 0.3 is 0 Å². The Morgan fingerprint density at radius 3 is 2.23 bits per heavy atom. The zero-order valence-corrected chi connectivity index (χ0v) is 19.3. The maximum atomic E-state index is 13.3. The van der Waals surface area contributed by atoms with E-state index in [1.165, 1.54) is 5.56 Å². The van der Waals surface area contributed by atoms with Gasteiger partial charge in [0.2, 0.25) is 0 Å². The van der Waals surface area contributed by atoms with Crippen LogP contribution in [0.4, 0.5) is 0 Å². The third kappa shape index (κ3) is 4.71. The van der Waals surface area contributed by atoms with Crippen molar-refractivity contribution in [1.82, 2.24) is 8.69 Å². The van der Waals surface area contributed by atoms with Gasteiger partial charge in [-0.25, -0.2) is 13.1 Å². The second kappa shape index (κ2) is 9.73. The molecule has 31 heavy (non-hydrogen) atoms. The van der Waals surface area contributed by atoms with Crippen molar-refractivity contribution >= 4 is 32.9 Å². The molecule has 1 N–H and O–H groups in total. The smallest absolute Gasteiger partial charge is 0.157 e. The van der Waals surface area contributed by atoms with Crippen LogP contribution < -0.4 is 4.72 Å². The molecule has 4 nitrogen and oxygen atoms in total. The second-order valence-corrected chi connectivity index (χ2v) is 10.3. The number of nitrogens with one attached hydrogen (secondary N) is 1. The van der Waals surface area contributed by atoms with E-state index in [-0.39, 0.29) is 5.92 Å². The topological polar surface area (TPSA) is 51.1 Å². The fourth-order valence-electron chi connectivity index (χ4n) is 3.67. The minimum absolute atomic E-state index is 0.254. The van der Waals surface area contributed by atoms with Crippen LogP contribution in [0.25, 0.3) is 10.9 Å². The van der Waals surface area contributed by atoms with Crippen LogP contribution in [0.15, 0.2) is 94.9 Å². The summed E-state index contributed by atoms with van der Waals surface area (Å²) in [5, 5.41) is 0.923. The second-order valence-electron chi connectivity index (χ2n) is 7.68. The average molecular weight is 451 g/mol. The monoisotopic (exact) mass is 450 g/mol. The van der Waals surface area contributed by atoms with Crippen LogP contribution in [0.3, 0.4) is 0 Å². The molecule has 4 rings (SSSR count). The summed E-state index contributed by atoms with van der Waals surface area (Å²) in [5.41, 5.74) is 3.14. The van der Waals surface area contributed by atoms with Crippen LogP contribution in [-0.2, 0) is 28.4 Å². The maximum absolute atomic E-state index is 13.3. The van der Waals surface area contributed by atoms with E-state index in [1.807, 2.05) is 60.7 Å². The van der Waals surface area contributed by atoms with Crippen LogP contribution in [-0.4, -0.2) is 18.9 Å². The summed E-state index contributed by atoms with van der Waals surface area (Å²) in [6.07, 6.45) is 2.57. The van der Waals surface area contributed by atoms with E-state index < -0.39 is 22.0 Å². The third-order valence-electron chi connectivity index (χ3n) is 5.23. The first kappa shape index (κ1) is 21.7. The van der Waals surface area contributed by atoms with Gasteiger partial charge in [0.25, 0.3) is 0 Å². The molecule has 0 aliphatic rings. The predicted octanol–water partition coefficient (Wildman–Crippen LogP) is 5.19. The third-order valence-corrected chi connectivity index (χ3v) is 7.74. The number of benzene rings is 3. The zero-order chi connectivity index (χ0) is 21.8. The number of rotatable bonds is 8. The molecule has 0 saturated carbocycles. The Morgan fingerprint density at radius 1 is 0.871 bits per heavy atom. The molecule has 1 aromatic heterocycles. The SMILES string of the molecule is CC(C)c1cccc2c1c(S(=O)NCCc1ccccc1)cn2S(=O)c1ccccc1. The van der Waals surface area contributed by atoms with E-state index in [0.717, 1.165) is 22.9 Å². The largest absolute Gasteiger partial charge is 0.261 e. The molecule has 0 radical (unpaired) electrons. The van der Waals surface area contributed by atoms with E-state index in [2.05, 4.69) is 36.8 Å². The van der Waals surface area contributed by atoms with Crippen LogP contribution in [0, 0.1) is 0 Å². The van der Waals surface area contributed by atoms with E-state index >= 15 is 0 Å². The van der Waals surface area contributed by atoms with Crippen LogP contribution in [0.2, 0.25) is 0 Å². The van der Waals surface area contributed by atoms with Gasteiger partial charge in [0.1, 0.15) is 11.0 Å². The lowest BCUT2D eigenvalue weighted by Gasteiger charge is -2.10. The van der Waals surface area contributed by atoms with Gasteiger partial charge in [0.05, 0.1) is 15.3 Å². The Balaban J connectivity index is 1.70. The number of nitrogens with zero attached hydrogens (tertiary/aromatic N) is 1. The minimum atomic E-state index is -1.42. The standard InChI is InChI=1S/C25H26N2O2S2/c1-19(2)22-14-9-15-23-25(22)24(18-27(23)31(29)21-12-7-4-8-13-21)30(28)26-17-16-20-10-5-3-6-11-20/h3-15,18-19,26H,16-17H2,1-2H3. The van der Waals surface area contributed by atoms with Gasteiger partial charge in [-0.3, -0.25) is 3.97 Å². The summed E-state index contributed by atoms with van der Waals surface area (Å²) in [7, 11) is -2.84. The van der Waals surface area contributed by atoms with E-state index in [9.17, 15) is 8.42 Å². The number of hydrogen-bond acceptors (Lipinski definition) is 2. The van der Waals surface area contributed by atoms with Gasteiger partial charge in [0.15, 0.2) is 11.0 Å². The summed E-state index contributed by atoms with van der Waals surface area (Å²) in [6.45, 7) is 4.83. The fourth-order valence-corrected chi connectivity index (χ4v) is 5.94. The lowest BCUT2D eigenvalue weighted by Crippen LogP contribution is -2.20. The number of aromatic nitrogens is 1. The molecule has 1 heterocycles. The predicted molar refractivity (Wildman–Crippen MR) is 129 cm³/mol. The molecule has 0 fully saturated rings. The fraction of sp³-hybridized carbons (Fsp3) is 0.200. The van der Waals surface area contributed by atoms with Crippen molar-refractivity contribution in [3.05, 3.63) is 96.2 Å². The molecule has 3 aromatic carbocycles. The maximum Gasteiger partial charge on any atom is 0.157 e. The summed E-state index contributed by atoms with van der Waals surface area (Å²) < 4.78 is 31.5. The van der Waals surface area contributed by atoms with Gasteiger partial charge in [-0.1, -0.05) is 74.5 Å². The van der Waals surface area contributed by atoms with E-state index in [1.54, 1.807) is 10.2 Å². The van der Waals surface area contributed by atoms with Crippen molar-refractivity contribution in [1.29, 1.82) is 0 Å². The summed E-state index contributed by atoms with van der Waals surface area (Å²) in [5.74, 6) is 0.254. The van der Waals surface area contributed by atoms with Crippen molar-refractivity contribution in [3.8, 4) is 0 Å².